The zero-order valence-corrected chi connectivity index (χ0v) is 22.9. The number of rotatable bonds is 17. The van der Waals surface area contributed by atoms with E-state index in [4.69, 9.17) is 10.4 Å². The van der Waals surface area contributed by atoms with Crippen molar-refractivity contribution in [2.24, 2.45) is 7.05 Å². The highest BCUT2D eigenvalue weighted by Crippen LogP contribution is 2.28. The van der Waals surface area contributed by atoms with Gasteiger partial charge in [0.15, 0.2) is 0 Å². The Morgan fingerprint density at radius 1 is 0.795 bits per heavy atom. The predicted octanol–water partition coefficient (Wildman–Crippen LogP) is 3.14. The van der Waals surface area contributed by atoms with E-state index < -0.39 is 11.8 Å². The highest BCUT2D eigenvalue weighted by Gasteiger charge is 2.07. The van der Waals surface area contributed by atoms with Crippen LogP contribution in [0.2, 0.25) is 0 Å². The molecular weight excluding hydrogens is 522 g/mol. The number of hydrogen-bond donors (Lipinski definition) is 6. The maximum absolute atomic E-state index is 12.1. The van der Waals surface area contributed by atoms with E-state index in [9.17, 15) is 19.2 Å². The van der Waals surface area contributed by atoms with Crippen LogP contribution in [0.15, 0.2) is 35.9 Å². The van der Waals surface area contributed by atoms with Gasteiger partial charge in [-0.2, -0.15) is 0 Å². The summed E-state index contributed by atoms with van der Waals surface area (Å²) in [6.07, 6.45) is 13.4. The second kappa shape index (κ2) is 17.7. The lowest BCUT2D eigenvalue weighted by Gasteiger charge is -2.02. The summed E-state index contributed by atoms with van der Waals surface area (Å²) in [5.74, 6) is -1.19. The zero-order chi connectivity index (χ0) is 28.5. The lowest BCUT2D eigenvalue weighted by atomic mass is 10.1. The van der Waals surface area contributed by atoms with Crippen LogP contribution in [0.25, 0.3) is 23.3 Å². The van der Waals surface area contributed by atoms with Gasteiger partial charge in [0.05, 0.1) is 0 Å². The lowest BCUT2D eigenvalue weighted by Crippen LogP contribution is -2.22. The molecule has 2 rings (SSSR count). The predicted molar refractivity (Wildman–Crippen MR) is 150 cm³/mol. The smallest absolute Gasteiger partial charge is 0.244 e. The minimum Gasteiger partial charge on any atom is -0.353 e. The van der Waals surface area contributed by atoms with Crippen molar-refractivity contribution >= 4 is 47.1 Å². The molecule has 6 N–H and O–H groups in total. The second-order valence-corrected chi connectivity index (χ2v) is 9.89. The van der Waals surface area contributed by atoms with Gasteiger partial charge in [-0.1, -0.05) is 12.8 Å². The summed E-state index contributed by atoms with van der Waals surface area (Å²) in [4.78, 5) is 47.0. The van der Waals surface area contributed by atoms with Crippen LogP contribution in [0, 0.1) is 0 Å². The SMILES string of the molecule is Cn1cc(-c2csc(/C=C/C(=O)NCCCCCC(=O)NO)c2)cc1/C=C/C(=O)NCCCCCC(=O)NO. The summed E-state index contributed by atoms with van der Waals surface area (Å²) in [6.45, 7) is 1.03. The van der Waals surface area contributed by atoms with Crippen LogP contribution in [0.5, 0.6) is 0 Å². The molecule has 0 spiro atoms. The summed E-state index contributed by atoms with van der Waals surface area (Å²) >= 11 is 1.53. The van der Waals surface area contributed by atoms with Crippen molar-refractivity contribution in [3.63, 3.8) is 0 Å². The van der Waals surface area contributed by atoms with E-state index in [0.29, 0.717) is 25.9 Å². The number of aromatic nitrogens is 1. The lowest BCUT2D eigenvalue weighted by molar-refractivity contribution is -0.130. The Morgan fingerprint density at radius 3 is 1.92 bits per heavy atom. The number of aryl methyl sites for hydroxylation is 1. The molecule has 0 aliphatic rings. The number of unbranched alkanes of at least 4 members (excludes halogenated alkanes) is 4. The first-order chi connectivity index (χ1) is 18.8. The molecule has 0 aliphatic heterocycles. The Bertz CT molecular complexity index is 1150. The van der Waals surface area contributed by atoms with E-state index in [-0.39, 0.29) is 24.7 Å². The molecule has 0 aromatic carbocycles. The fourth-order valence-corrected chi connectivity index (χ4v) is 4.45. The third-order valence-electron chi connectivity index (χ3n) is 5.81. The average Bonchev–Trinajstić information content (AvgIpc) is 3.56. The first-order valence-electron chi connectivity index (χ1n) is 12.9. The molecular formula is C27H37N5O6S. The molecule has 0 atom stereocenters. The molecule has 2 aromatic rings. The maximum Gasteiger partial charge on any atom is 0.244 e. The van der Waals surface area contributed by atoms with E-state index in [1.807, 2.05) is 35.3 Å². The quantitative estimate of drug-likeness (QED) is 0.0755. The molecule has 0 fully saturated rings. The van der Waals surface area contributed by atoms with Gasteiger partial charge in [-0.15, -0.1) is 11.3 Å². The minimum atomic E-state index is -0.407. The Morgan fingerprint density at radius 2 is 1.36 bits per heavy atom. The standard InChI is InChI=1S/C27H37N5O6S/c1-32-18-20(16-22(32)10-12-24(33)28-14-6-2-4-8-26(35)30-37)21-17-23(39-19-21)11-13-25(34)29-15-7-3-5-9-27(36)31-38/h10-13,16-19,37-38H,2-9,14-15H2,1H3,(H,28,33)(H,29,34)(H,30,35)(H,31,36)/b12-10+,13-11+. The third-order valence-corrected chi connectivity index (χ3v) is 6.71. The molecule has 0 saturated heterocycles. The number of hydrogen-bond acceptors (Lipinski definition) is 7. The van der Waals surface area contributed by atoms with Gasteiger partial charge in [0.25, 0.3) is 0 Å². The first-order valence-corrected chi connectivity index (χ1v) is 13.7. The van der Waals surface area contributed by atoms with E-state index in [0.717, 1.165) is 47.4 Å². The molecule has 12 heteroatoms. The highest BCUT2D eigenvalue weighted by atomic mass is 32.1. The normalized spacial score (nSPS) is 11.2. The van der Waals surface area contributed by atoms with Gasteiger partial charge in [-0.25, -0.2) is 11.0 Å². The van der Waals surface area contributed by atoms with Crippen LogP contribution in [0.1, 0.15) is 61.9 Å². The highest BCUT2D eigenvalue weighted by molar-refractivity contribution is 7.11. The van der Waals surface area contributed by atoms with Gasteiger partial charge < -0.3 is 15.2 Å². The summed E-state index contributed by atoms with van der Waals surface area (Å²) < 4.78 is 1.93. The number of hydroxylamine groups is 2. The van der Waals surface area contributed by atoms with Crippen molar-refractivity contribution < 1.29 is 29.6 Å². The van der Waals surface area contributed by atoms with Crippen LogP contribution >= 0.6 is 11.3 Å². The topological polar surface area (TPSA) is 162 Å². The third kappa shape index (κ3) is 12.6. The van der Waals surface area contributed by atoms with Crippen LogP contribution in [-0.2, 0) is 26.2 Å². The number of nitrogens with zero attached hydrogens (tertiary/aromatic N) is 1. The maximum atomic E-state index is 12.1. The molecule has 4 amide bonds. The van der Waals surface area contributed by atoms with Crippen molar-refractivity contribution in [3.8, 4) is 11.1 Å². The molecule has 0 radical (unpaired) electrons. The van der Waals surface area contributed by atoms with Crippen molar-refractivity contribution in [2.75, 3.05) is 13.1 Å². The van der Waals surface area contributed by atoms with Gasteiger partial charge in [0.2, 0.25) is 23.6 Å². The first kappa shape index (κ1) is 31.5. The molecule has 2 aromatic heterocycles. The van der Waals surface area contributed by atoms with Crippen molar-refractivity contribution in [2.45, 2.75) is 51.4 Å². The fraction of sp³-hybridized carbons (Fsp3) is 0.407. The summed E-state index contributed by atoms with van der Waals surface area (Å²) in [5, 5.41) is 24.6. The Balaban J connectivity index is 1.75. The van der Waals surface area contributed by atoms with Crippen LogP contribution < -0.4 is 21.6 Å². The Labute approximate surface area is 231 Å². The van der Waals surface area contributed by atoms with Gasteiger partial charge in [0, 0.05) is 67.5 Å². The van der Waals surface area contributed by atoms with Crippen molar-refractivity contribution in [1.29, 1.82) is 0 Å². The molecule has 11 nitrogen and oxygen atoms in total. The molecule has 0 aliphatic carbocycles. The zero-order valence-electron chi connectivity index (χ0n) is 22.1. The second-order valence-electron chi connectivity index (χ2n) is 8.94. The van der Waals surface area contributed by atoms with E-state index >= 15 is 0 Å². The Kier molecular flexibility index (Phi) is 14.3. The number of carbonyl (C=O) groups is 4. The average molecular weight is 560 g/mol. The summed E-state index contributed by atoms with van der Waals surface area (Å²) in [6, 6.07) is 3.99. The molecule has 0 saturated carbocycles. The molecule has 0 bridgehead atoms. The molecule has 39 heavy (non-hydrogen) atoms. The largest absolute Gasteiger partial charge is 0.353 e. The van der Waals surface area contributed by atoms with Crippen LogP contribution in [0.4, 0.5) is 0 Å². The number of carbonyl (C=O) groups excluding carboxylic acids is 4. The van der Waals surface area contributed by atoms with E-state index in [1.165, 1.54) is 23.5 Å². The van der Waals surface area contributed by atoms with Crippen molar-refractivity contribution in [3.05, 3.63) is 46.4 Å². The van der Waals surface area contributed by atoms with Crippen LogP contribution in [0.3, 0.4) is 0 Å². The number of nitrogens with one attached hydrogen (secondary N) is 4. The van der Waals surface area contributed by atoms with Gasteiger partial charge in [-0.3, -0.25) is 29.6 Å². The monoisotopic (exact) mass is 559 g/mol. The van der Waals surface area contributed by atoms with Gasteiger partial charge in [0.1, 0.15) is 0 Å². The Hall–Kier alpha value is -3.74. The molecule has 212 valence electrons. The van der Waals surface area contributed by atoms with E-state index in [2.05, 4.69) is 10.6 Å². The van der Waals surface area contributed by atoms with Gasteiger partial charge in [-0.05, 0) is 60.9 Å². The fourth-order valence-electron chi connectivity index (χ4n) is 3.64. The van der Waals surface area contributed by atoms with Crippen LogP contribution in [-0.4, -0.2) is 51.7 Å². The van der Waals surface area contributed by atoms with E-state index in [1.54, 1.807) is 23.1 Å². The summed E-state index contributed by atoms with van der Waals surface area (Å²) in [7, 11) is 1.91. The number of amides is 4. The molecule has 0 unspecified atom stereocenters. The van der Waals surface area contributed by atoms with Crippen molar-refractivity contribution in [1.82, 2.24) is 26.2 Å². The van der Waals surface area contributed by atoms with Gasteiger partial charge >= 0.3 is 0 Å². The minimum absolute atomic E-state index is 0.183. The number of thiophene rings is 1. The summed E-state index contributed by atoms with van der Waals surface area (Å²) in [5.41, 5.74) is 6.08. The molecule has 2 heterocycles.